The van der Waals surface area contributed by atoms with Gasteiger partial charge in [0.2, 0.25) is 0 Å². The molecule has 0 aliphatic carbocycles. The number of alkyl halides is 6. The smallest absolute Gasteiger partial charge is 0.421 e. The number of carbonyl (C=O) groups is 1. The highest BCUT2D eigenvalue weighted by Gasteiger charge is 2.53. The molecular weight excluding hydrogens is 362 g/mol. The molecule has 0 unspecified atom stereocenters. The molecule has 2 rings (SSSR count). The van der Waals surface area contributed by atoms with Crippen LogP contribution in [-0.4, -0.2) is 18.3 Å². The van der Waals surface area contributed by atoms with Gasteiger partial charge in [-0.25, -0.2) is 0 Å². The Hall–Kier alpha value is -2.77. The van der Waals surface area contributed by atoms with Crippen LogP contribution in [-0.2, 0) is 4.79 Å². The van der Waals surface area contributed by atoms with E-state index in [2.05, 4.69) is 0 Å². The lowest BCUT2D eigenvalue weighted by Crippen LogP contribution is -2.28. The Morgan fingerprint density at radius 1 is 0.769 bits per heavy atom. The summed E-state index contributed by atoms with van der Waals surface area (Å²) in [6, 6.07) is 10.8. The standard InChI is InChI=1S/C18H12F6O2/c1-11(25)26-14-9-7-13(8-10-14)15(12-5-3-2-4-6-12)16(17(19,20)21)18(22,23)24/h2-10H,1H3. The Bertz CT molecular complexity index is 786. The Kier molecular flexibility index (Phi) is 5.44. The van der Waals surface area contributed by atoms with Crippen molar-refractivity contribution in [2.45, 2.75) is 19.3 Å². The number of hydrogen-bond acceptors (Lipinski definition) is 2. The fourth-order valence-electron chi connectivity index (χ4n) is 2.36. The topological polar surface area (TPSA) is 26.3 Å². The summed E-state index contributed by atoms with van der Waals surface area (Å²) in [6.45, 7) is 1.12. The SMILES string of the molecule is CC(=O)Oc1ccc(C(=C(C(F)(F)F)C(F)(F)F)c2ccccc2)cc1. The van der Waals surface area contributed by atoms with Crippen molar-refractivity contribution in [3.8, 4) is 5.75 Å². The first-order valence-corrected chi connectivity index (χ1v) is 7.23. The largest absolute Gasteiger partial charge is 0.427 e. The van der Waals surface area contributed by atoms with Crippen LogP contribution in [0.25, 0.3) is 5.57 Å². The van der Waals surface area contributed by atoms with Crippen molar-refractivity contribution in [2.24, 2.45) is 0 Å². The van der Waals surface area contributed by atoms with Crippen molar-refractivity contribution in [3.63, 3.8) is 0 Å². The highest BCUT2D eigenvalue weighted by Crippen LogP contribution is 2.45. The minimum Gasteiger partial charge on any atom is -0.427 e. The molecule has 0 saturated heterocycles. The second-order valence-corrected chi connectivity index (χ2v) is 5.23. The van der Waals surface area contributed by atoms with E-state index in [1.807, 2.05) is 0 Å². The summed E-state index contributed by atoms with van der Waals surface area (Å²) in [5, 5.41) is 0. The average molecular weight is 374 g/mol. The van der Waals surface area contributed by atoms with Crippen molar-refractivity contribution >= 4 is 11.5 Å². The van der Waals surface area contributed by atoms with Crippen molar-refractivity contribution in [1.82, 2.24) is 0 Å². The van der Waals surface area contributed by atoms with Crippen LogP contribution in [0.15, 0.2) is 60.2 Å². The van der Waals surface area contributed by atoms with E-state index in [1.54, 1.807) is 0 Å². The maximum Gasteiger partial charge on any atom is 0.421 e. The van der Waals surface area contributed by atoms with E-state index in [9.17, 15) is 31.1 Å². The predicted molar refractivity (Wildman–Crippen MR) is 82.3 cm³/mol. The molecular formula is C18H12F6O2. The van der Waals surface area contributed by atoms with Crippen LogP contribution in [0.4, 0.5) is 26.3 Å². The number of rotatable bonds is 3. The summed E-state index contributed by atoms with van der Waals surface area (Å²) in [6.07, 6.45) is -11.2. The van der Waals surface area contributed by atoms with Gasteiger partial charge < -0.3 is 4.74 Å². The fraction of sp³-hybridized carbons (Fsp3) is 0.167. The lowest BCUT2D eigenvalue weighted by molar-refractivity contribution is -0.170. The zero-order valence-electron chi connectivity index (χ0n) is 13.3. The van der Waals surface area contributed by atoms with Gasteiger partial charge in [0.05, 0.1) is 0 Å². The molecule has 0 aliphatic rings. The summed E-state index contributed by atoms with van der Waals surface area (Å²) in [5.41, 5.74) is -4.15. The van der Waals surface area contributed by atoms with Gasteiger partial charge in [0.15, 0.2) is 0 Å². The molecule has 0 heterocycles. The molecule has 0 aromatic heterocycles. The van der Waals surface area contributed by atoms with E-state index in [0.29, 0.717) is 0 Å². The van der Waals surface area contributed by atoms with Crippen molar-refractivity contribution in [3.05, 3.63) is 71.3 Å². The van der Waals surface area contributed by atoms with Gasteiger partial charge in [0, 0.05) is 12.5 Å². The number of hydrogen-bond donors (Lipinski definition) is 0. The first-order valence-electron chi connectivity index (χ1n) is 7.23. The zero-order chi connectivity index (χ0) is 19.5. The molecule has 0 N–H and O–H groups in total. The summed E-state index contributed by atoms with van der Waals surface area (Å²) in [7, 11) is 0. The third-order valence-electron chi connectivity index (χ3n) is 3.28. The van der Waals surface area contributed by atoms with E-state index in [0.717, 1.165) is 43.3 Å². The first kappa shape index (κ1) is 19.6. The molecule has 0 spiro atoms. The van der Waals surface area contributed by atoms with Crippen molar-refractivity contribution in [2.75, 3.05) is 0 Å². The van der Waals surface area contributed by atoms with Gasteiger partial charge in [0.25, 0.3) is 0 Å². The van der Waals surface area contributed by atoms with Crippen LogP contribution in [0, 0.1) is 0 Å². The van der Waals surface area contributed by atoms with E-state index < -0.39 is 29.5 Å². The van der Waals surface area contributed by atoms with Crippen LogP contribution >= 0.6 is 0 Å². The van der Waals surface area contributed by atoms with Gasteiger partial charge >= 0.3 is 18.3 Å². The van der Waals surface area contributed by atoms with E-state index >= 15 is 0 Å². The number of halogens is 6. The summed E-state index contributed by atoms with van der Waals surface area (Å²) >= 11 is 0. The highest BCUT2D eigenvalue weighted by molar-refractivity contribution is 5.84. The molecule has 26 heavy (non-hydrogen) atoms. The molecule has 138 valence electrons. The third kappa shape index (κ3) is 4.65. The van der Waals surface area contributed by atoms with Crippen LogP contribution in [0.3, 0.4) is 0 Å². The van der Waals surface area contributed by atoms with Gasteiger partial charge in [-0.2, -0.15) is 26.3 Å². The number of esters is 1. The molecule has 0 aliphatic heterocycles. The Labute approximate surface area is 144 Å². The maximum absolute atomic E-state index is 13.2. The van der Waals surface area contributed by atoms with Gasteiger partial charge in [-0.3, -0.25) is 4.79 Å². The van der Waals surface area contributed by atoms with Crippen LogP contribution < -0.4 is 4.74 Å². The van der Waals surface area contributed by atoms with E-state index in [4.69, 9.17) is 4.74 Å². The van der Waals surface area contributed by atoms with Gasteiger partial charge in [-0.05, 0) is 23.3 Å². The average Bonchev–Trinajstić information content (AvgIpc) is 2.51. The minimum absolute atomic E-state index is 0.00855. The molecule has 0 radical (unpaired) electrons. The Morgan fingerprint density at radius 3 is 1.65 bits per heavy atom. The van der Waals surface area contributed by atoms with Crippen LogP contribution in [0.2, 0.25) is 0 Å². The quantitative estimate of drug-likeness (QED) is 0.401. The molecule has 0 fully saturated rings. The second kappa shape index (κ2) is 7.23. The fourth-order valence-corrected chi connectivity index (χ4v) is 2.36. The number of carbonyl (C=O) groups excluding carboxylic acids is 1. The molecule has 2 nitrogen and oxygen atoms in total. The molecule has 0 bridgehead atoms. The maximum atomic E-state index is 13.2. The third-order valence-corrected chi connectivity index (χ3v) is 3.28. The van der Waals surface area contributed by atoms with Gasteiger partial charge in [0.1, 0.15) is 11.3 Å². The number of allylic oxidation sites excluding steroid dienone is 1. The van der Waals surface area contributed by atoms with E-state index in [-0.39, 0.29) is 16.9 Å². The summed E-state index contributed by atoms with van der Waals surface area (Å²) in [5.74, 6) is -0.655. The van der Waals surface area contributed by atoms with Gasteiger partial charge in [-0.1, -0.05) is 42.5 Å². The van der Waals surface area contributed by atoms with Crippen LogP contribution in [0.1, 0.15) is 18.1 Å². The first-order chi connectivity index (χ1) is 12.0. The highest BCUT2D eigenvalue weighted by atomic mass is 19.4. The van der Waals surface area contributed by atoms with Crippen molar-refractivity contribution in [1.29, 1.82) is 0 Å². The molecule has 0 amide bonds. The van der Waals surface area contributed by atoms with E-state index in [1.165, 1.54) is 18.2 Å². The number of benzene rings is 2. The summed E-state index contributed by atoms with van der Waals surface area (Å²) in [4.78, 5) is 10.9. The Balaban J connectivity index is 2.73. The normalized spacial score (nSPS) is 11.8. The second-order valence-electron chi connectivity index (χ2n) is 5.23. The zero-order valence-corrected chi connectivity index (χ0v) is 13.3. The molecule has 8 heteroatoms. The molecule has 0 atom stereocenters. The predicted octanol–water partition coefficient (Wildman–Crippen LogP) is 5.54. The van der Waals surface area contributed by atoms with Gasteiger partial charge in [-0.15, -0.1) is 0 Å². The Morgan fingerprint density at radius 2 is 1.23 bits per heavy atom. The summed E-state index contributed by atoms with van der Waals surface area (Å²) < 4.78 is 84.2. The monoisotopic (exact) mass is 374 g/mol. The van der Waals surface area contributed by atoms with Crippen LogP contribution in [0.5, 0.6) is 5.75 Å². The van der Waals surface area contributed by atoms with Crippen molar-refractivity contribution < 1.29 is 35.9 Å². The lowest BCUT2D eigenvalue weighted by atomic mass is 9.92. The molecule has 2 aromatic carbocycles. The lowest BCUT2D eigenvalue weighted by Gasteiger charge is -2.21. The molecule has 0 saturated carbocycles. The molecule has 2 aromatic rings. The number of ether oxygens (including phenoxy) is 1. The minimum atomic E-state index is -5.61.